The second-order valence-corrected chi connectivity index (χ2v) is 10.6. The third-order valence-electron chi connectivity index (χ3n) is 5.05. The number of benzene rings is 3. The van der Waals surface area contributed by atoms with Crippen LogP contribution >= 0.6 is 7.26 Å². The van der Waals surface area contributed by atoms with Gasteiger partial charge in [-0.3, -0.25) is 0 Å². The van der Waals surface area contributed by atoms with Crippen molar-refractivity contribution >= 4 is 28.9 Å². The van der Waals surface area contributed by atoms with E-state index in [1.54, 1.807) is 0 Å². The van der Waals surface area contributed by atoms with Gasteiger partial charge in [-0.15, -0.1) is 0 Å². The summed E-state index contributed by atoms with van der Waals surface area (Å²) in [6.45, 7) is 2.29. The van der Waals surface area contributed by atoms with Crippen LogP contribution in [0.5, 0.6) is 0 Å². The van der Waals surface area contributed by atoms with E-state index in [4.69, 9.17) is 0 Å². The molecule has 26 heavy (non-hydrogen) atoms. The second kappa shape index (κ2) is 8.52. The van der Waals surface area contributed by atoms with Crippen LogP contribution in [0, 0.1) is 0 Å². The zero-order chi connectivity index (χ0) is 18.4. The molecule has 0 radical (unpaired) electrons. The zero-order valence-electron chi connectivity index (χ0n) is 16.1. The zero-order valence-corrected chi connectivity index (χ0v) is 17.0. The van der Waals surface area contributed by atoms with Crippen molar-refractivity contribution in [3.05, 3.63) is 84.9 Å². The summed E-state index contributed by atoms with van der Waals surface area (Å²) in [5.74, 6) is 0. The van der Waals surface area contributed by atoms with Crippen LogP contribution in [0.3, 0.4) is 0 Å². The number of hydrogen-bond donors (Lipinski definition) is 0. The second-order valence-electron chi connectivity index (χ2n) is 6.97. The van der Waals surface area contributed by atoms with Crippen molar-refractivity contribution in [3.8, 4) is 0 Å². The lowest BCUT2D eigenvalue weighted by Crippen LogP contribution is -2.33. The summed E-state index contributed by atoms with van der Waals surface area (Å²) in [4.78, 5) is 2.17. The molecule has 0 aliphatic rings. The Kier molecular flexibility index (Phi) is 6.12. The van der Waals surface area contributed by atoms with E-state index in [0.29, 0.717) is 0 Å². The first kappa shape index (κ1) is 18.7. The van der Waals surface area contributed by atoms with E-state index in [-0.39, 0.29) is 0 Å². The van der Waals surface area contributed by atoms with Crippen LogP contribution < -0.4 is 20.8 Å². The largest absolute Gasteiger partial charge is 0.378 e. The van der Waals surface area contributed by atoms with Crippen molar-refractivity contribution in [2.45, 2.75) is 19.8 Å². The van der Waals surface area contributed by atoms with Gasteiger partial charge in [0.15, 0.2) is 0 Å². The molecule has 0 heterocycles. The molecule has 2 heteroatoms. The van der Waals surface area contributed by atoms with Crippen molar-refractivity contribution in [1.82, 2.24) is 0 Å². The summed E-state index contributed by atoms with van der Waals surface area (Å²) in [6.07, 6.45) is 3.68. The summed E-state index contributed by atoms with van der Waals surface area (Å²) < 4.78 is 0. The molecule has 3 aromatic rings. The van der Waals surface area contributed by atoms with Crippen molar-refractivity contribution in [1.29, 1.82) is 0 Å². The molecule has 1 nitrogen and oxygen atoms in total. The lowest BCUT2D eigenvalue weighted by atomic mass is 10.3. The van der Waals surface area contributed by atoms with E-state index in [1.807, 2.05) is 0 Å². The van der Waals surface area contributed by atoms with Gasteiger partial charge in [-0.25, -0.2) is 0 Å². The molecule has 0 bridgehead atoms. The van der Waals surface area contributed by atoms with E-state index in [0.717, 1.165) is 0 Å². The number of hydrogen-bond acceptors (Lipinski definition) is 1. The third-order valence-corrected chi connectivity index (χ3v) is 9.57. The van der Waals surface area contributed by atoms with E-state index >= 15 is 0 Å². The molecular formula is C24H29NP+. The van der Waals surface area contributed by atoms with Crippen molar-refractivity contribution in [2.75, 3.05) is 25.2 Å². The fraction of sp³-hybridized carbons (Fsp3) is 0.250. The number of anilines is 1. The minimum absolute atomic E-state index is 1.22. The Labute approximate surface area is 159 Å². The predicted molar refractivity (Wildman–Crippen MR) is 119 cm³/mol. The molecule has 0 aromatic heterocycles. The number of rotatable bonds is 7. The van der Waals surface area contributed by atoms with Crippen LogP contribution in [0.1, 0.15) is 19.8 Å². The predicted octanol–water partition coefficient (Wildman–Crippen LogP) is 4.85. The first-order chi connectivity index (χ1) is 12.7. The van der Waals surface area contributed by atoms with Gasteiger partial charge in [-0.05, 0) is 55.0 Å². The fourth-order valence-electron chi connectivity index (χ4n) is 3.60. The minimum atomic E-state index is -1.64. The van der Waals surface area contributed by atoms with Crippen LogP contribution in [0.25, 0.3) is 0 Å². The molecular weight excluding hydrogens is 333 g/mol. The summed E-state index contributed by atoms with van der Waals surface area (Å²) in [5.41, 5.74) is 1.25. The van der Waals surface area contributed by atoms with Crippen LogP contribution in [0.2, 0.25) is 0 Å². The average Bonchev–Trinajstić information content (AvgIpc) is 2.70. The van der Waals surface area contributed by atoms with Crippen LogP contribution in [-0.2, 0) is 0 Å². The SMILES string of the molecule is CCCC[P+](c1ccccc1)(c1ccccc1)c1ccc(N(C)C)cc1. The quantitative estimate of drug-likeness (QED) is 0.543. The highest BCUT2D eigenvalue weighted by Gasteiger charge is 2.44. The normalized spacial score (nSPS) is 11.3. The first-order valence-electron chi connectivity index (χ1n) is 9.45. The standard InChI is InChI=1S/C24H29NP/c1-4-5-20-26(22-12-8-6-9-13-22,23-14-10-7-11-15-23)24-18-16-21(17-19-24)25(2)3/h6-19H,4-5,20H2,1-3H3/q+1. The molecule has 134 valence electrons. The summed E-state index contributed by atoms with van der Waals surface area (Å²) in [5, 5.41) is 4.45. The summed E-state index contributed by atoms with van der Waals surface area (Å²) in [7, 11) is 2.56. The molecule has 0 amide bonds. The molecule has 0 N–H and O–H groups in total. The van der Waals surface area contributed by atoms with E-state index in [9.17, 15) is 0 Å². The smallest absolute Gasteiger partial charge is 0.112 e. The molecule has 0 atom stereocenters. The lowest BCUT2D eigenvalue weighted by molar-refractivity contribution is 0.891. The average molecular weight is 362 g/mol. The maximum atomic E-state index is 2.36. The molecule has 0 aliphatic heterocycles. The van der Waals surface area contributed by atoms with Gasteiger partial charge in [0.2, 0.25) is 0 Å². The maximum Gasteiger partial charge on any atom is 0.112 e. The van der Waals surface area contributed by atoms with E-state index in [2.05, 4.69) is 111 Å². The Morgan fingerprint density at radius 1 is 0.654 bits per heavy atom. The molecule has 3 rings (SSSR count). The Bertz CT molecular complexity index is 755. The van der Waals surface area contributed by atoms with Gasteiger partial charge in [-0.2, -0.15) is 0 Å². The Balaban J connectivity index is 2.22. The van der Waals surface area contributed by atoms with Crippen LogP contribution in [-0.4, -0.2) is 20.3 Å². The Morgan fingerprint density at radius 2 is 1.12 bits per heavy atom. The Morgan fingerprint density at radius 3 is 1.54 bits per heavy atom. The van der Waals surface area contributed by atoms with E-state index < -0.39 is 7.26 Å². The first-order valence-corrected chi connectivity index (χ1v) is 11.4. The van der Waals surface area contributed by atoms with Gasteiger partial charge >= 0.3 is 0 Å². The van der Waals surface area contributed by atoms with Crippen LogP contribution in [0.15, 0.2) is 84.9 Å². The van der Waals surface area contributed by atoms with Gasteiger partial charge in [0, 0.05) is 19.8 Å². The van der Waals surface area contributed by atoms with Gasteiger partial charge in [0.05, 0.1) is 6.16 Å². The molecule has 3 aromatic carbocycles. The summed E-state index contributed by atoms with van der Waals surface area (Å²) >= 11 is 0. The highest BCUT2D eigenvalue weighted by molar-refractivity contribution is 7.95. The third kappa shape index (κ3) is 3.69. The lowest BCUT2D eigenvalue weighted by Gasteiger charge is -2.28. The maximum absolute atomic E-state index is 2.36. The molecule has 0 saturated heterocycles. The Hall–Kier alpha value is -2.11. The highest BCUT2D eigenvalue weighted by Crippen LogP contribution is 2.56. The van der Waals surface area contributed by atoms with E-state index in [1.165, 1.54) is 40.6 Å². The van der Waals surface area contributed by atoms with Gasteiger partial charge < -0.3 is 4.90 Å². The summed E-state index contributed by atoms with van der Waals surface area (Å²) in [6, 6.07) is 31.6. The van der Waals surface area contributed by atoms with Crippen molar-refractivity contribution in [3.63, 3.8) is 0 Å². The molecule has 0 aliphatic carbocycles. The fourth-order valence-corrected chi connectivity index (χ4v) is 8.08. The molecule has 0 spiro atoms. The molecule has 0 saturated carbocycles. The van der Waals surface area contributed by atoms with Crippen LogP contribution in [0.4, 0.5) is 5.69 Å². The minimum Gasteiger partial charge on any atom is -0.378 e. The van der Waals surface area contributed by atoms with Crippen molar-refractivity contribution in [2.24, 2.45) is 0 Å². The van der Waals surface area contributed by atoms with Gasteiger partial charge in [0.25, 0.3) is 0 Å². The van der Waals surface area contributed by atoms with Crippen molar-refractivity contribution < 1.29 is 0 Å². The number of nitrogens with zero attached hydrogens (tertiary/aromatic N) is 1. The molecule has 0 fully saturated rings. The molecule has 0 unspecified atom stereocenters. The van der Waals surface area contributed by atoms with Gasteiger partial charge in [0.1, 0.15) is 23.2 Å². The monoisotopic (exact) mass is 362 g/mol. The highest BCUT2D eigenvalue weighted by atomic mass is 31.2. The topological polar surface area (TPSA) is 3.24 Å². The van der Waals surface area contributed by atoms with Gasteiger partial charge in [-0.1, -0.05) is 49.7 Å². The number of unbranched alkanes of at least 4 members (excludes halogenated alkanes) is 1.